The zero-order valence-electron chi connectivity index (χ0n) is 11.1. The highest BCUT2D eigenvalue weighted by Crippen LogP contribution is 2.38. The third-order valence-corrected chi connectivity index (χ3v) is 4.16. The first-order valence-electron chi connectivity index (χ1n) is 7.31. The van der Waals surface area contributed by atoms with Crippen LogP contribution in [0.3, 0.4) is 0 Å². The normalized spacial score (nSPS) is 23.9. The van der Waals surface area contributed by atoms with Gasteiger partial charge in [-0.15, -0.1) is 0 Å². The Kier molecular flexibility index (Phi) is 2.76. The molecule has 0 spiro atoms. The number of imidazole rings is 1. The zero-order valence-corrected chi connectivity index (χ0v) is 11.1. The van der Waals surface area contributed by atoms with E-state index in [1.807, 2.05) is 12.3 Å². The Hall–Kier alpha value is -1.42. The van der Waals surface area contributed by atoms with Crippen molar-refractivity contribution in [1.29, 1.82) is 0 Å². The summed E-state index contributed by atoms with van der Waals surface area (Å²) in [6, 6.07) is 4.68. The Morgan fingerprint density at radius 3 is 3.05 bits per heavy atom. The number of hydrogen-bond acceptors (Lipinski definition) is 3. The molecular formula is C15H19N3O. The Bertz CT molecular complexity index is 582. The molecule has 2 aromatic heterocycles. The lowest BCUT2D eigenvalue weighted by molar-refractivity contribution is 0.0540. The van der Waals surface area contributed by atoms with E-state index in [0.717, 1.165) is 30.8 Å². The standard InChI is InChI=1S/C15H19N3O/c1-4-13-15(16-7-1)18(12-5-6-12)14(17-13)9-11-3-2-8-19-10-11/h1,4,7,11-12H,2-3,5-6,8-10H2. The van der Waals surface area contributed by atoms with E-state index in [1.165, 1.54) is 31.5 Å². The minimum absolute atomic E-state index is 0.628. The number of fused-ring (bicyclic) bond motifs is 1. The first-order chi connectivity index (χ1) is 9.42. The molecule has 0 N–H and O–H groups in total. The van der Waals surface area contributed by atoms with Gasteiger partial charge in [-0.3, -0.25) is 0 Å². The van der Waals surface area contributed by atoms with Crippen LogP contribution in [0.4, 0.5) is 0 Å². The van der Waals surface area contributed by atoms with Gasteiger partial charge in [-0.2, -0.15) is 0 Å². The molecule has 2 fully saturated rings. The van der Waals surface area contributed by atoms with Crippen LogP contribution in [0.5, 0.6) is 0 Å². The molecule has 1 saturated carbocycles. The van der Waals surface area contributed by atoms with Gasteiger partial charge in [-0.25, -0.2) is 9.97 Å². The molecule has 1 unspecified atom stereocenters. The third-order valence-electron chi connectivity index (χ3n) is 4.16. The Balaban J connectivity index is 1.69. The van der Waals surface area contributed by atoms with Crippen LogP contribution in [0.25, 0.3) is 11.2 Å². The fraction of sp³-hybridized carbons (Fsp3) is 0.600. The van der Waals surface area contributed by atoms with Crippen LogP contribution < -0.4 is 0 Å². The van der Waals surface area contributed by atoms with E-state index in [9.17, 15) is 0 Å². The van der Waals surface area contributed by atoms with Gasteiger partial charge < -0.3 is 9.30 Å². The molecular weight excluding hydrogens is 238 g/mol. The lowest BCUT2D eigenvalue weighted by Gasteiger charge is -2.22. The summed E-state index contributed by atoms with van der Waals surface area (Å²) in [5.41, 5.74) is 2.11. The van der Waals surface area contributed by atoms with Gasteiger partial charge in [-0.1, -0.05) is 0 Å². The summed E-state index contributed by atoms with van der Waals surface area (Å²) < 4.78 is 7.97. The predicted molar refractivity (Wildman–Crippen MR) is 73.0 cm³/mol. The van der Waals surface area contributed by atoms with Crippen LogP contribution in [0.2, 0.25) is 0 Å². The lowest BCUT2D eigenvalue weighted by atomic mass is 9.98. The average Bonchev–Trinajstić information content (AvgIpc) is 3.21. The molecule has 0 bridgehead atoms. The van der Waals surface area contributed by atoms with Crippen molar-refractivity contribution in [2.75, 3.05) is 13.2 Å². The van der Waals surface area contributed by atoms with Crippen LogP contribution in [0, 0.1) is 5.92 Å². The van der Waals surface area contributed by atoms with Gasteiger partial charge in [0, 0.05) is 31.9 Å². The second kappa shape index (κ2) is 4.60. The van der Waals surface area contributed by atoms with Gasteiger partial charge in [0.1, 0.15) is 11.3 Å². The van der Waals surface area contributed by atoms with Crippen LogP contribution in [0.1, 0.15) is 37.5 Å². The summed E-state index contributed by atoms with van der Waals surface area (Å²) >= 11 is 0. The van der Waals surface area contributed by atoms with E-state index in [0.29, 0.717) is 12.0 Å². The summed E-state index contributed by atoms with van der Waals surface area (Å²) in [7, 11) is 0. The van der Waals surface area contributed by atoms with E-state index >= 15 is 0 Å². The topological polar surface area (TPSA) is 39.9 Å². The summed E-state index contributed by atoms with van der Waals surface area (Å²) in [5.74, 6) is 1.84. The first-order valence-corrected chi connectivity index (χ1v) is 7.31. The third kappa shape index (κ3) is 2.14. The molecule has 100 valence electrons. The maximum atomic E-state index is 5.59. The quantitative estimate of drug-likeness (QED) is 0.848. The highest BCUT2D eigenvalue weighted by molar-refractivity contribution is 5.71. The van der Waals surface area contributed by atoms with E-state index in [-0.39, 0.29) is 0 Å². The smallest absolute Gasteiger partial charge is 0.160 e. The molecule has 1 aliphatic carbocycles. The van der Waals surface area contributed by atoms with E-state index in [4.69, 9.17) is 9.72 Å². The molecule has 3 heterocycles. The molecule has 4 rings (SSSR count). The fourth-order valence-corrected chi connectivity index (χ4v) is 3.06. The van der Waals surface area contributed by atoms with Crippen LogP contribution in [0.15, 0.2) is 18.3 Å². The van der Waals surface area contributed by atoms with Crippen molar-refractivity contribution < 1.29 is 4.74 Å². The van der Waals surface area contributed by atoms with E-state index < -0.39 is 0 Å². The lowest BCUT2D eigenvalue weighted by Crippen LogP contribution is -2.21. The van der Waals surface area contributed by atoms with Crippen molar-refractivity contribution >= 4 is 11.2 Å². The number of aromatic nitrogens is 3. The van der Waals surface area contributed by atoms with E-state index in [1.54, 1.807) is 0 Å². The Morgan fingerprint density at radius 1 is 1.32 bits per heavy atom. The molecule has 2 aliphatic rings. The molecule has 19 heavy (non-hydrogen) atoms. The summed E-state index contributed by atoms with van der Waals surface area (Å²) in [4.78, 5) is 9.34. The highest BCUT2D eigenvalue weighted by atomic mass is 16.5. The Morgan fingerprint density at radius 2 is 2.26 bits per heavy atom. The minimum Gasteiger partial charge on any atom is -0.381 e. The van der Waals surface area contributed by atoms with Gasteiger partial charge in [0.25, 0.3) is 0 Å². The van der Waals surface area contributed by atoms with Gasteiger partial charge in [0.2, 0.25) is 0 Å². The number of ether oxygens (including phenoxy) is 1. The first kappa shape index (κ1) is 11.4. The van der Waals surface area contributed by atoms with Crippen molar-refractivity contribution in [3.63, 3.8) is 0 Å². The summed E-state index contributed by atoms with van der Waals surface area (Å²) in [6.07, 6.45) is 7.91. The fourth-order valence-electron chi connectivity index (χ4n) is 3.06. The van der Waals surface area contributed by atoms with Crippen LogP contribution in [-0.4, -0.2) is 27.7 Å². The van der Waals surface area contributed by atoms with Crippen molar-refractivity contribution in [1.82, 2.24) is 14.5 Å². The van der Waals surface area contributed by atoms with Crippen molar-refractivity contribution in [2.45, 2.75) is 38.1 Å². The molecule has 0 radical (unpaired) electrons. The van der Waals surface area contributed by atoms with Crippen LogP contribution >= 0.6 is 0 Å². The molecule has 4 nitrogen and oxygen atoms in total. The molecule has 4 heteroatoms. The molecule has 0 aromatic carbocycles. The second-order valence-corrected chi connectivity index (χ2v) is 5.76. The Labute approximate surface area is 112 Å². The average molecular weight is 257 g/mol. The molecule has 1 aliphatic heterocycles. The largest absolute Gasteiger partial charge is 0.381 e. The summed E-state index contributed by atoms with van der Waals surface area (Å²) in [6.45, 7) is 1.82. The molecule has 0 amide bonds. The van der Waals surface area contributed by atoms with Gasteiger partial charge in [0.05, 0.1) is 0 Å². The molecule has 1 atom stereocenters. The van der Waals surface area contributed by atoms with Crippen LogP contribution in [-0.2, 0) is 11.2 Å². The minimum atomic E-state index is 0.628. The predicted octanol–water partition coefficient (Wildman–Crippen LogP) is 2.74. The number of hydrogen-bond donors (Lipinski definition) is 0. The highest BCUT2D eigenvalue weighted by Gasteiger charge is 2.29. The van der Waals surface area contributed by atoms with Gasteiger partial charge >= 0.3 is 0 Å². The molecule has 1 saturated heterocycles. The second-order valence-electron chi connectivity index (χ2n) is 5.76. The monoisotopic (exact) mass is 257 g/mol. The van der Waals surface area contributed by atoms with Crippen molar-refractivity contribution in [3.05, 3.63) is 24.2 Å². The van der Waals surface area contributed by atoms with Gasteiger partial charge in [0.15, 0.2) is 5.65 Å². The van der Waals surface area contributed by atoms with Gasteiger partial charge in [-0.05, 0) is 43.7 Å². The van der Waals surface area contributed by atoms with Crippen molar-refractivity contribution in [3.8, 4) is 0 Å². The zero-order chi connectivity index (χ0) is 12.7. The number of nitrogens with zero attached hydrogens (tertiary/aromatic N) is 3. The number of pyridine rings is 1. The maximum Gasteiger partial charge on any atom is 0.160 e. The van der Waals surface area contributed by atoms with Crippen molar-refractivity contribution in [2.24, 2.45) is 5.92 Å². The summed E-state index contributed by atoms with van der Waals surface area (Å²) in [5, 5.41) is 0. The maximum absolute atomic E-state index is 5.59. The SMILES string of the molecule is c1cnc2c(c1)nc(CC1CCCOC1)n2C1CC1. The number of rotatable bonds is 3. The van der Waals surface area contributed by atoms with E-state index in [2.05, 4.69) is 15.6 Å². The molecule has 2 aromatic rings.